The van der Waals surface area contributed by atoms with Gasteiger partial charge in [0, 0.05) is 12.2 Å². The van der Waals surface area contributed by atoms with Crippen LogP contribution >= 0.6 is 0 Å². The van der Waals surface area contributed by atoms with Crippen molar-refractivity contribution >= 4 is 5.91 Å². The van der Waals surface area contributed by atoms with E-state index in [-0.39, 0.29) is 5.91 Å². The molecule has 1 amide bonds. The fourth-order valence-corrected chi connectivity index (χ4v) is 0.903. The molecule has 3 nitrogen and oxygen atoms in total. The van der Waals surface area contributed by atoms with Crippen LogP contribution in [0.3, 0.4) is 0 Å². The molecule has 9 heavy (non-hydrogen) atoms. The Kier molecular flexibility index (Phi) is 1.53. The number of hydrogen-bond acceptors (Lipinski definition) is 2. The van der Waals surface area contributed by atoms with Gasteiger partial charge in [-0.15, -0.1) is 0 Å². The number of carbonyl (C=O) groups is 1. The molecule has 0 radical (unpaired) electrons. The molecule has 0 aromatic rings. The first-order valence-electron chi connectivity index (χ1n) is 2.84. The van der Waals surface area contributed by atoms with Crippen LogP contribution in [0, 0.1) is 0 Å². The average molecular weight is 126 g/mol. The molecular formula is C6H10N2O. The number of hydrogen-bond donors (Lipinski definition) is 1. The Labute approximate surface area is 54.3 Å². The maximum Gasteiger partial charge on any atom is 0.238 e. The number of piperazine rings is 1. The number of amides is 1. The molecule has 0 atom stereocenters. The molecule has 1 fully saturated rings. The third kappa shape index (κ3) is 1.54. The second-order valence-corrected chi connectivity index (χ2v) is 2.32. The Morgan fingerprint density at radius 2 is 2.33 bits per heavy atom. The maximum absolute atomic E-state index is 10.7. The van der Waals surface area contributed by atoms with Crippen LogP contribution in [-0.2, 0) is 4.79 Å². The van der Waals surface area contributed by atoms with Gasteiger partial charge in [0.1, 0.15) is 0 Å². The zero-order chi connectivity index (χ0) is 6.85. The Hall–Kier alpha value is -0.830. The van der Waals surface area contributed by atoms with Gasteiger partial charge >= 0.3 is 0 Å². The first-order chi connectivity index (χ1) is 4.18. The van der Waals surface area contributed by atoms with Crippen molar-refractivity contribution in [1.29, 1.82) is 0 Å². The van der Waals surface area contributed by atoms with E-state index in [4.69, 9.17) is 0 Å². The first kappa shape index (κ1) is 6.29. The summed E-state index contributed by atoms with van der Waals surface area (Å²) in [4.78, 5) is 12.6. The Morgan fingerprint density at radius 3 is 2.78 bits per heavy atom. The summed E-state index contributed by atoms with van der Waals surface area (Å²) in [5.41, 5.74) is 0.786. The quantitative estimate of drug-likeness (QED) is 0.477. The smallest absolute Gasteiger partial charge is 0.238 e. The Balaban J connectivity index is 2.53. The SMILES string of the molecule is C=C1CN(C)CC(=O)N1. The van der Waals surface area contributed by atoms with Crippen molar-refractivity contribution < 1.29 is 4.79 Å². The van der Waals surface area contributed by atoms with Crippen LogP contribution in [-0.4, -0.2) is 30.9 Å². The second-order valence-electron chi connectivity index (χ2n) is 2.32. The molecule has 0 saturated carbocycles. The monoisotopic (exact) mass is 126 g/mol. The lowest BCUT2D eigenvalue weighted by atomic mass is 10.3. The van der Waals surface area contributed by atoms with E-state index >= 15 is 0 Å². The molecule has 3 heteroatoms. The lowest BCUT2D eigenvalue weighted by molar-refractivity contribution is -0.122. The van der Waals surface area contributed by atoms with Gasteiger partial charge in [0.05, 0.1) is 6.54 Å². The van der Waals surface area contributed by atoms with E-state index < -0.39 is 0 Å². The molecule has 1 heterocycles. The molecule has 0 spiro atoms. The Morgan fingerprint density at radius 1 is 1.67 bits per heavy atom. The highest BCUT2D eigenvalue weighted by molar-refractivity contribution is 5.80. The summed E-state index contributed by atoms with van der Waals surface area (Å²) in [6, 6.07) is 0. The standard InChI is InChI=1S/C6H10N2O/c1-5-3-8(2)4-6(9)7-5/h1,3-4H2,2H3,(H,7,9). The molecule has 1 aliphatic rings. The van der Waals surface area contributed by atoms with E-state index in [1.807, 2.05) is 11.9 Å². The summed E-state index contributed by atoms with van der Waals surface area (Å²) in [6.45, 7) is 4.90. The van der Waals surface area contributed by atoms with Crippen LogP contribution in [0.5, 0.6) is 0 Å². The third-order valence-electron chi connectivity index (χ3n) is 1.19. The predicted molar refractivity (Wildman–Crippen MR) is 34.8 cm³/mol. The van der Waals surface area contributed by atoms with E-state index in [0.717, 1.165) is 12.2 Å². The second kappa shape index (κ2) is 2.19. The molecule has 0 aliphatic carbocycles. The number of nitrogens with zero attached hydrogens (tertiary/aromatic N) is 1. The third-order valence-corrected chi connectivity index (χ3v) is 1.19. The van der Waals surface area contributed by atoms with Gasteiger partial charge in [-0.1, -0.05) is 6.58 Å². The highest BCUT2D eigenvalue weighted by Crippen LogP contribution is 1.95. The zero-order valence-corrected chi connectivity index (χ0v) is 5.48. The van der Waals surface area contributed by atoms with E-state index in [2.05, 4.69) is 11.9 Å². The van der Waals surface area contributed by atoms with Crippen molar-refractivity contribution in [1.82, 2.24) is 10.2 Å². The van der Waals surface area contributed by atoms with Gasteiger partial charge in [0.2, 0.25) is 5.91 Å². The molecule has 0 bridgehead atoms. The summed E-state index contributed by atoms with van der Waals surface area (Å²) in [7, 11) is 1.89. The first-order valence-corrected chi connectivity index (χ1v) is 2.84. The maximum atomic E-state index is 10.7. The molecule has 0 aromatic heterocycles. The Bertz CT molecular complexity index is 137. The summed E-state index contributed by atoms with van der Waals surface area (Å²) >= 11 is 0. The summed E-state index contributed by atoms with van der Waals surface area (Å²) < 4.78 is 0. The van der Waals surface area contributed by atoms with Crippen LogP contribution in [0.4, 0.5) is 0 Å². The van der Waals surface area contributed by atoms with Gasteiger partial charge in [-0.05, 0) is 7.05 Å². The summed E-state index contributed by atoms with van der Waals surface area (Å²) in [5.74, 6) is 0.0359. The molecule has 1 rings (SSSR count). The highest BCUT2D eigenvalue weighted by Gasteiger charge is 2.13. The van der Waals surface area contributed by atoms with Gasteiger partial charge in [-0.3, -0.25) is 9.69 Å². The van der Waals surface area contributed by atoms with E-state index in [1.54, 1.807) is 0 Å². The molecule has 0 unspecified atom stereocenters. The molecule has 0 aromatic carbocycles. The molecular weight excluding hydrogens is 116 g/mol. The lowest BCUT2D eigenvalue weighted by Crippen LogP contribution is -2.43. The van der Waals surface area contributed by atoms with Crippen molar-refractivity contribution in [3.05, 3.63) is 12.3 Å². The fourth-order valence-electron chi connectivity index (χ4n) is 0.903. The van der Waals surface area contributed by atoms with Crippen molar-refractivity contribution in [3.63, 3.8) is 0 Å². The van der Waals surface area contributed by atoms with Crippen molar-refractivity contribution in [2.45, 2.75) is 0 Å². The van der Waals surface area contributed by atoms with E-state index in [9.17, 15) is 4.79 Å². The van der Waals surface area contributed by atoms with E-state index in [0.29, 0.717) is 6.54 Å². The number of rotatable bonds is 0. The van der Waals surface area contributed by atoms with Crippen LogP contribution in [0.2, 0.25) is 0 Å². The molecule has 1 saturated heterocycles. The minimum absolute atomic E-state index is 0.0359. The van der Waals surface area contributed by atoms with Crippen molar-refractivity contribution in [2.24, 2.45) is 0 Å². The average Bonchev–Trinajstić information content (AvgIpc) is 1.59. The van der Waals surface area contributed by atoms with E-state index in [1.165, 1.54) is 0 Å². The van der Waals surface area contributed by atoms with Crippen molar-refractivity contribution in [2.75, 3.05) is 20.1 Å². The van der Waals surface area contributed by atoms with Gasteiger partial charge < -0.3 is 5.32 Å². The minimum Gasteiger partial charge on any atom is -0.328 e. The highest BCUT2D eigenvalue weighted by atomic mass is 16.2. The number of carbonyl (C=O) groups excluding carboxylic acids is 1. The molecule has 50 valence electrons. The summed E-state index contributed by atoms with van der Waals surface area (Å²) in [5, 5.41) is 2.63. The molecule has 1 aliphatic heterocycles. The van der Waals surface area contributed by atoms with Crippen LogP contribution < -0.4 is 5.32 Å². The predicted octanol–water partition coefficient (Wildman–Crippen LogP) is -0.438. The van der Waals surface area contributed by atoms with Crippen molar-refractivity contribution in [3.8, 4) is 0 Å². The normalized spacial score (nSPS) is 21.9. The van der Waals surface area contributed by atoms with Crippen LogP contribution in [0.1, 0.15) is 0 Å². The number of likely N-dealkylation sites (N-methyl/N-ethyl adjacent to an activating group) is 1. The zero-order valence-electron chi connectivity index (χ0n) is 5.48. The minimum atomic E-state index is 0.0359. The number of nitrogens with one attached hydrogen (secondary N) is 1. The van der Waals surface area contributed by atoms with Gasteiger partial charge in [-0.25, -0.2) is 0 Å². The topological polar surface area (TPSA) is 32.3 Å². The lowest BCUT2D eigenvalue weighted by Gasteiger charge is -2.23. The van der Waals surface area contributed by atoms with Crippen LogP contribution in [0.15, 0.2) is 12.3 Å². The molecule has 1 N–H and O–H groups in total. The van der Waals surface area contributed by atoms with Crippen LogP contribution in [0.25, 0.3) is 0 Å². The fraction of sp³-hybridized carbons (Fsp3) is 0.500. The van der Waals surface area contributed by atoms with Gasteiger partial charge in [0.15, 0.2) is 0 Å². The summed E-state index contributed by atoms with van der Waals surface area (Å²) in [6.07, 6.45) is 0. The largest absolute Gasteiger partial charge is 0.328 e. The van der Waals surface area contributed by atoms with Gasteiger partial charge in [-0.2, -0.15) is 0 Å². The van der Waals surface area contributed by atoms with Gasteiger partial charge in [0.25, 0.3) is 0 Å².